The molecule has 30 heavy (non-hydrogen) atoms. The average Bonchev–Trinajstić information content (AvgIpc) is 3.14. The summed E-state index contributed by atoms with van der Waals surface area (Å²) in [6.07, 6.45) is 0.288. The molecule has 2 aromatic heterocycles. The maximum Gasteiger partial charge on any atom is 0.303 e. The van der Waals surface area contributed by atoms with E-state index in [1.807, 2.05) is 30.3 Å². The fraction of sp³-hybridized carbons (Fsp3) is 0.227. The molecule has 3 heterocycles. The molecule has 0 unspecified atom stereocenters. The minimum Gasteiger partial charge on any atom is -0.486 e. The lowest BCUT2D eigenvalue weighted by atomic mass is 10.1. The average molecular weight is 421 g/mol. The fourth-order valence-corrected chi connectivity index (χ4v) is 4.60. The highest BCUT2D eigenvalue weighted by molar-refractivity contribution is 7.25. The number of benzene rings is 2. The Bertz CT molecular complexity index is 1250. The molecular formula is C22H19N3O4S. The molecule has 0 atom stereocenters. The van der Waals surface area contributed by atoms with E-state index >= 15 is 0 Å². The second-order valence-electron chi connectivity index (χ2n) is 6.99. The molecule has 2 N–H and O–H groups in total. The topological polar surface area (TPSA) is 93.6 Å². The Kier molecular flexibility index (Phi) is 4.84. The van der Waals surface area contributed by atoms with Gasteiger partial charge in [0.1, 0.15) is 29.7 Å². The van der Waals surface area contributed by atoms with Crippen LogP contribution in [0.3, 0.4) is 0 Å². The van der Waals surface area contributed by atoms with Crippen molar-refractivity contribution in [3.05, 3.63) is 53.9 Å². The Balaban J connectivity index is 1.50. The number of aromatic nitrogens is 2. The summed E-state index contributed by atoms with van der Waals surface area (Å²) >= 11 is 1.59. The first kappa shape index (κ1) is 18.6. The van der Waals surface area contributed by atoms with Gasteiger partial charge in [-0.15, -0.1) is 11.3 Å². The molecule has 4 aromatic rings. The molecular weight excluding hydrogens is 402 g/mol. The van der Waals surface area contributed by atoms with Crippen LogP contribution in [0.25, 0.3) is 20.3 Å². The van der Waals surface area contributed by atoms with E-state index in [9.17, 15) is 4.79 Å². The number of carbonyl (C=O) groups is 1. The Hall–Kier alpha value is -3.39. The first-order chi connectivity index (χ1) is 14.7. The van der Waals surface area contributed by atoms with Crippen molar-refractivity contribution in [2.24, 2.45) is 0 Å². The first-order valence-corrected chi connectivity index (χ1v) is 10.5. The van der Waals surface area contributed by atoms with E-state index in [1.165, 1.54) is 0 Å². The number of carboxylic acids is 1. The minimum atomic E-state index is -0.860. The van der Waals surface area contributed by atoms with Crippen molar-refractivity contribution >= 4 is 43.4 Å². The second kappa shape index (κ2) is 7.79. The van der Waals surface area contributed by atoms with Crippen LogP contribution in [0.1, 0.15) is 17.8 Å². The summed E-state index contributed by atoms with van der Waals surface area (Å²) in [6, 6.07) is 14.0. The number of hydrogen-bond acceptors (Lipinski definition) is 7. The Labute approximate surface area is 176 Å². The van der Waals surface area contributed by atoms with E-state index in [2.05, 4.69) is 27.4 Å². The van der Waals surface area contributed by atoms with Crippen LogP contribution in [0.15, 0.2) is 42.5 Å². The van der Waals surface area contributed by atoms with Crippen LogP contribution in [0.5, 0.6) is 11.5 Å². The van der Waals surface area contributed by atoms with Crippen molar-refractivity contribution in [1.29, 1.82) is 0 Å². The highest BCUT2D eigenvalue weighted by Gasteiger charge is 2.16. The molecule has 1 aliphatic rings. The maximum atomic E-state index is 11.0. The van der Waals surface area contributed by atoms with Gasteiger partial charge in [-0.05, 0) is 23.8 Å². The quantitative estimate of drug-likeness (QED) is 0.481. The number of nitrogens with zero attached hydrogens (tertiary/aromatic N) is 2. The van der Waals surface area contributed by atoms with Gasteiger partial charge in [0.2, 0.25) is 0 Å². The fourth-order valence-electron chi connectivity index (χ4n) is 3.51. The lowest BCUT2D eigenvalue weighted by Gasteiger charge is -2.19. The predicted octanol–water partition coefficient (Wildman–Crippen LogP) is 4.25. The third-order valence-electron chi connectivity index (χ3n) is 4.91. The lowest BCUT2D eigenvalue weighted by Crippen LogP contribution is -2.15. The number of carboxylic acid groups (broad SMARTS) is 1. The van der Waals surface area contributed by atoms with Crippen LogP contribution in [0.2, 0.25) is 0 Å². The number of fused-ring (bicyclic) bond motifs is 4. The molecule has 0 fully saturated rings. The normalized spacial score (nSPS) is 12.9. The SMILES string of the molecule is O=C(O)CCc1nc(NCc2ccc3c(c2)OCCO3)c2c(n1)sc1ccccc12. The van der Waals surface area contributed by atoms with Crippen molar-refractivity contribution in [3.8, 4) is 11.5 Å². The van der Waals surface area contributed by atoms with Crippen molar-refractivity contribution in [1.82, 2.24) is 9.97 Å². The second-order valence-corrected chi connectivity index (χ2v) is 8.02. The number of nitrogens with one attached hydrogen (secondary N) is 1. The highest BCUT2D eigenvalue weighted by Crippen LogP contribution is 2.37. The van der Waals surface area contributed by atoms with Crippen molar-refractivity contribution in [2.75, 3.05) is 18.5 Å². The molecule has 7 nitrogen and oxygen atoms in total. The van der Waals surface area contributed by atoms with Crippen LogP contribution < -0.4 is 14.8 Å². The molecule has 0 saturated heterocycles. The summed E-state index contributed by atoms with van der Waals surface area (Å²) < 4.78 is 12.4. The zero-order valence-corrected chi connectivity index (χ0v) is 16.9. The largest absolute Gasteiger partial charge is 0.486 e. The van der Waals surface area contributed by atoms with Gasteiger partial charge in [-0.2, -0.15) is 0 Å². The Morgan fingerprint density at radius 3 is 2.80 bits per heavy atom. The molecule has 2 aromatic carbocycles. The summed E-state index contributed by atoms with van der Waals surface area (Å²) in [4.78, 5) is 21.1. The van der Waals surface area contributed by atoms with Gasteiger partial charge in [0.15, 0.2) is 11.5 Å². The van der Waals surface area contributed by atoms with Gasteiger partial charge in [-0.25, -0.2) is 9.97 Å². The Morgan fingerprint density at radius 1 is 1.10 bits per heavy atom. The van der Waals surface area contributed by atoms with Crippen molar-refractivity contribution < 1.29 is 19.4 Å². The van der Waals surface area contributed by atoms with Gasteiger partial charge >= 0.3 is 5.97 Å². The van der Waals surface area contributed by atoms with Gasteiger partial charge in [0.05, 0.1) is 11.8 Å². The van der Waals surface area contributed by atoms with Crippen LogP contribution in [0.4, 0.5) is 5.82 Å². The van der Waals surface area contributed by atoms with Crippen LogP contribution in [0, 0.1) is 0 Å². The standard InChI is InChI=1S/C22H19N3O4S/c26-19(27)8-7-18-24-21(20-14-3-1-2-4-17(14)30-22(20)25-18)23-12-13-5-6-15-16(11-13)29-10-9-28-15/h1-6,11H,7-10,12H2,(H,26,27)(H,23,24,25). The van der Waals surface area contributed by atoms with Gasteiger partial charge < -0.3 is 19.9 Å². The highest BCUT2D eigenvalue weighted by atomic mass is 32.1. The molecule has 0 spiro atoms. The van der Waals surface area contributed by atoms with Gasteiger partial charge in [0.25, 0.3) is 0 Å². The monoisotopic (exact) mass is 421 g/mol. The zero-order chi connectivity index (χ0) is 20.5. The number of aryl methyl sites for hydroxylation is 1. The first-order valence-electron chi connectivity index (χ1n) is 9.70. The van der Waals surface area contributed by atoms with E-state index in [0.717, 1.165) is 37.4 Å². The van der Waals surface area contributed by atoms with Crippen LogP contribution >= 0.6 is 11.3 Å². The van der Waals surface area contributed by atoms with E-state index in [4.69, 9.17) is 14.6 Å². The Morgan fingerprint density at radius 2 is 1.93 bits per heavy atom. The molecule has 0 bridgehead atoms. The number of thiophene rings is 1. The van der Waals surface area contributed by atoms with Crippen LogP contribution in [-0.2, 0) is 17.8 Å². The van der Waals surface area contributed by atoms with E-state index in [-0.39, 0.29) is 12.8 Å². The van der Waals surface area contributed by atoms with E-state index < -0.39 is 5.97 Å². The molecule has 1 aliphatic heterocycles. The lowest BCUT2D eigenvalue weighted by molar-refractivity contribution is -0.137. The molecule has 0 aliphatic carbocycles. The predicted molar refractivity (Wildman–Crippen MR) is 116 cm³/mol. The van der Waals surface area contributed by atoms with Gasteiger partial charge in [-0.1, -0.05) is 24.3 Å². The molecule has 5 rings (SSSR count). The number of ether oxygens (including phenoxy) is 2. The van der Waals surface area contributed by atoms with Crippen molar-refractivity contribution in [3.63, 3.8) is 0 Å². The summed E-state index contributed by atoms with van der Waals surface area (Å²) in [5, 5.41) is 14.5. The third-order valence-corrected chi connectivity index (χ3v) is 5.98. The van der Waals surface area contributed by atoms with Gasteiger partial charge in [-0.3, -0.25) is 4.79 Å². The summed E-state index contributed by atoms with van der Waals surface area (Å²) in [6.45, 7) is 1.66. The number of anilines is 1. The summed E-state index contributed by atoms with van der Waals surface area (Å²) in [7, 11) is 0. The molecule has 152 valence electrons. The molecule has 0 saturated carbocycles. The zero-order valence-electron chi connectivity index (χ0n) is 16.1. The van der Waals surface area contributed by atoms with Gasteiger partial charge in [0, 0.05) is 23.1 Å². The van der Waals surface area contributed by atoms with Crippen molar-refractivity contribution in [2.45, 2.75) is 19.4 Å². The number of rotatable bonds is 6. The molecule has 0 amide bonds. The molecule has 0 radical (unpaired) electrons. The summed E-state index contributed by atoms with van der Waals surface area (Å²) in [5.74, 6) is 1.89. The minimum absolute atomic E-state index is 0.00198. The number of hydrogen-bond donors (Lipinski definition) is 2. The molecule has 8 heteroatoms. The maximum absolute atomic E-state index is 11.0. The third kappa shape index (κ3) is 3.61. The van der Waals surface area contributed by atoms with Crippen LogP contribution in [-0.4, -0.2) is 34.3 Å². The summed E-state index contributed by atoms with van der Waals surface area (Å²) in [5.41, 5.74) is 1.04. The van der Waals surface area contributed by atoms with E-state index in [0.29, 0.717) is 31.4 Å². The smallest absolute Gasteiger partial charge is 0.303 e. The van der Waals surface area contributed by atoms with E-state index in [1.54, 1.807) is 11.3 Å². The number of aliphatic carboxylic acids is 1.